The molecule has 1 N–H and O–H groups in total. The molecular weight excluding hydrogens is 470 g/mol. The second kappa shape index (κ2) is 9.21. The van der Waals surface area contributed by atoms with Gasteiger partial charge in [0.25, 0.3) is 0 Å². The Bertz CT molecular complexity index is 1290. The van der Waals surface area contributed by atoms with Gasteiger partial charge < -0.3 is 14.6 Å². The number of hydrogen-bond donors (Lipinski definition) is 1. The summed E-state index contributed by atoms with van der Waals surface area (Å²) in [6.07, 6.45) is 1.81. The summed E-state index contributed by atoms with van der Waals surface area (Å²) < 4.78 is 6.37. The Balaban J connectivity index is 1.53. The normalized spacial score (nSPS) is 17.9. The first-order valence-corrected chi connectivity index (χ1v) is 12.2. The number of hydrogen-bond acceptors (Lipinski definition) is 4. The summed E-state index contributed by atoms with van der Waals surface area (Å²) in [4.78, 5) is 7.80. The van der Waals surface area contributed by atoms with E-state index < -0.39 is 0 Å². The predicted octanol–water partition coefficient (Wildman–Crippen LogP) is 7.27. The van der Waals surface area contributed by atoms with Crippen LogP contribution >= 0.6 is 35.6 Å². The number of thiocarbonyl (C=S) groups is 1. The molecule has 2 aromatic heterocycles. The van der Waals surface area contributed by atoms with Crippen molar-refractivity contribution in [3.05, 3.63) is 107 Å². The fourth-order valence-electron chi connectivity index (χ4n) is 3.96. The minimum Gasteiger partial charge on any atom is -0.452 e. The molecule has 166 valence electrons. The molecule has 1 fully saturated rings. The molecule has 0 amide bonds. The fourth-order valence-corrected chi connectivity index (χ4v) is 5.21. The molecule has 0 unspecified atom stereocenters. The highest BCUT2D eigenvalue weighted by Gasteiger charge is 2.42. The number of aryl methyl sites for hydroxylation is 2. The Morgan fingerprint density at radius 1 is 1.00 bits per heavy atom. The predicted molar refractivity (Wildman–Crippen MR) is 138 cm³/mol. The van der Waals surface area contributed by atoms with Gasteiger partial charge in [-0.05, 0) is 97.9 Å². The van der Waals surface area contributed by atoms with Gasteiger partial charge in [-0.1, -0.05) is 35.5 Å². The Hall–Kier alpha value is -2.80. The maximum Gasteiger partial charge on any atom is 0.174 e. The molecule has 0 aliphatic carbocycles. The molecule has 4 nitrogen and oxygen atoms in total. The summed E-state index contributed by atoms with van der Waals surface area (Å²) >= 11 is 13.4. The number of aromatic nitrogens is 1. The Morgan fingerprint density at radius 3 is 2.55 bits per heavy atom. The van der Waals surface area contributed by atoms with E-state index in [1.807, 2.05) is 54.6 Å². The number of nitrogens with one attached hydrogen (secondary N) is 1. The molecule has 0 bridgehead atoms. The van der Waals surface area contributed by atoms with Crippen molar-refractivity contribution >= 4 is 46.4 Å². The van der Waals surface area contributed by atoms with Crippen molar-refractivity contribution in [3.63, 3.8) is 0 Å². The molecule has 4 aromatic rings. The molecule has 2 atom stereocenters. The molecule has 0 saturated carbocycles. The summed E-state index contributed by atoms with van der Waals surface area (Å²) in [5, 5.41) is 5.66. The van der Waals surface area contributed by atoms with Crippen molar-refractivity contribution < 1.29 is 4.42 Å². The van der Waals surface area contributed by atoms with Crippen LogP contribution in [0.5, 0.6) is 0 Å². The highest BCUT2D eigenvalue weighted by Crippen LogP contribution is 2.43. The zero-order valence-corrected chi connectivity index (χ0v) is 20.5. The van der Waals surface area contributed by atoms with Crippen LogP contribution in [0.3, 0.4) is 0 Å². The maximum absolute atomic E-state index is 6.37. The van der Waals surface area contributed by atoms with Crippen molar-refractivity contribution in [3.8, 4) is 0 Å². The van der Waals surface area contributed by atoms with E-state index in [0.717, 1.165) is 27.1 Å². The van der Waals surface area contributed by atoms with E-state index in [4.69, 9.17) is 28.2 Å². The molecule has 0 spiro atoms. The molecule has 1 aliphatic heterocycles. The first kappa shape index (κ1) is 22.0. The minimum absolute atomic E-state index is 0.139. The first-order valence-electron chi connectivity index (χ1n) is 10.6. The van der Waals surface area contributed by atoms with Gasteiger partial charge in [0.1, 0.15) is 11.8 Å². The second-order valence-corrected chi connectivity index (χ2v) is 9.88. The number of rotatable bonds is 5. The number of nitrogens with zero attached hydrogens (tertiary/aromatic N) is 2. The first-order chi connectivity index (χ1) is 16.0. The molecule has 0 radical (unpaired) electrons. The lowest BCUT2D eigenvalue weighted by molar-refractivity contribution is 0.383. The summed E-state index contributed by atoms with van der Waals surface area (Å²) in [6, 6.07) is 23.8. The Kier molecular flexibility index (Phi) is 6.15. The van der Waals surface area contributed by atoms with Crippen LogP contribution in [0.2, 0.25) is 5.02 Å². The van der Waals surface area contributed by atoms with Gasteiger partial charge >= 0.3 is 0 Å². The number of furan rings is 1. The van der Waals surface area contributed by atoms with E-state index in [2.05, 4.69) is 47.2 Å². The molecular formula is C26H22ClN3OS2. The zero-order chi connectivity index (χ0) is 22.9. The summed E-state index contributed by atoms with van der Waals surface area (Å²) in [5.41, 5.74) is 4.41. The van der Waals surface area contributed by atoms with E-state index in [1.165, 1.54) is 11.1 Å². The van der Waals surface area contributed by atoms with Crippen molar-refractivity contribution in [2.24, 2.45) is 0 Å². The van der Waals surface area contributed by atoms with Crippen LogP contribution in [0.25, 0.3) is 0 Å². The quantitative estimate of drug-likeness (QED) is 0.296. The van der Waals surface area contributed by atoms with Gasteiger partial charge in [-0.15, -0.1) is 0 Å². The number of halogens is 1. The van der Waals surface area contributed by atoms with Gasteiger partial charge in [-0.3, -0.25) is 4.98 Å². The standard InChI is InChI=1S/C26H22ClN3OS2/c1-16-6-9-19(15-17(16)2)30-25(24(29-26(30)32)21-5-3-4-14-28-21)22-12-13-23(31-22)33-20-10-7-18(27)8-11-20/h3-15,24-25H,1-2H3,(H,29,32)/t24-,25+/m1/s1. The van der Waals surface area contributed by atoms with Crippen LogP contribution in [0.1, 0.15) is 34.7 Å². The smallest absolute Gasteiger partial charge is 0.174 e. The highest BCUT2D eigenvalue weighted by atomic mass is 35.5. The van der Waals surface area contributed by atoms with Gasteiger partial charge in [0, 0.05) is 21.8 Å². The van der Waals surface area contributed by atoms with Gasteiger partial charge in [0.2, 0.25) is 0 Å². The van der Waals surface area contributed by atoms with Gasteiger partial charge in [-0.2, -0.15) is 0 Å². The van der Waals surface area contributed by atoms with Crippen LogP contribution in [-0.4, -0.2) is 10.1 Å². The lowest BCUT2D eigenvalue weighted by Crippen LogP contribution is -2.29. The van der Waals surface area contributed by atoms with Crippen molar-refractivity contribution in [2.75, 3.05) is 4.90 Å². The lowest BCUT2D eigenvalue weighted by Gasteiger charge is -2.26. The fraction of sp³-hybridized carbons (Fsp3) is 0.154. The zero-order valence-electron chi connectivity index (χ0n) is 18.2. The van der Waals surface area contributed by atoms with E-state index in [1.54, 1.807) is 18.0 Å². The van der Waals surface area contributed by atoms with Crippen molar-refractivity contribution in [2.45, 2.75) is 35.9 Å². The molecule has 2 aromatic carbocycles. The average Bonchev–Trinajstić information content (AvgIpc) is 3.42. The van der Waals surface area contributed by atoms with Crippen molar-refractivity contribution in [1.29, 1.82) is 0 Å². The van der Waals surface area contributed by atoms with Crippen LogP contribution in [0.4, 0.5) is 5.69 Å². The monoisotopic (exact) mass is 491 g/mol. The van der Waals surface area contributed by atoms with Crippen molar-refractivity contribution in [1.82, 2.24) is 10.3 Å². The van der Waals surface area contributed by atoms with Crippen LogP contribution < -0.4 is 10.2 Å². The minimum atomic E-state index is -0.172. The third-order valence-electron chi connectivity index (χ3n) is 5.79. The van der Waals surface area contributed by atoms with E-state index in [0.29, 0.717) is 10.1 Å². The summed E-state index contributed by atoms with van der Waals surface area (Å²) in [5.74, 6) is 0.827. The molecule has 1 saturated heterocycles. The molecule has 7 heteroatoms. The Morgan fingerprint density at radius 2 is 1.82 bits per heavy atom. The summed E-state index contributed by atoms with van der Waals surface area (Å²) in [6.45, 7) is 4.23. The highest BCUT2D eigenvalue weighted by molar-refractivity contribution is 7.99. The van der Waals surface area contributed by atoms with Gasteiger partial charge in [0.15, 0.2) is 10.2 Å². The number of pyridine rings is 1. The maximum atomic E-state index is 6.37. The topological polar surface area (TPSA) is 41.3 Å². The van der Waals surface area contributed by atoms with E-state index in [-0.39, 0.29) is 12.1 Å². The Labute approximate surface area is 208 Å². The van der Waals surface area contributed by atoms with E-state index >= 15 is 0 Å². The third kappa shape index (κ3) is 4.51. The molecule has 5 rings (SSSR count). The van der Waals surface area contributed by atoms with Gasteiger partial charge in [-0.25, -0.2) is 0 Å². The molecule has 1 aliphatic rings. The molecule has 33 heavy (non-hydrogen) atoms. The van der Waals surface area contributed by atoms with Gasteiger partial charge in [0.05, 0.1) is 11.7 Å². The number of benzene rings is 2. The third-order valence-corrected chi connectivity index (χ3v) is 7.29. The van der Waals surface area contributed by atoms with Crippen LogP contribution in [0, 0.1) is 13.8 Å². The summed E-state index contributed by atoms with van der Waals surface area (Å²) in [7, 11) is 0. The lowest BCUT2D eigenvalue weighted by atomic mass is 10.0. The number of anilines is 1. The average molecular weight is 492 g/mol. The SMILES string of the molecule is Cc1ccc(N2C(=S)N[C@H](c3ccccn3)[C@@H]2c2ccc(Sc3ccc(Cl)cc3)o2)cc1C. The molecule has 3 heterocycles. The van der Waals surface area contributed by atoms with E-state index in [9.17, 15) is 0 Å². The largest absolute Gasteiger partial charge is 0.452 e. The van der Waals surface area contributed by atoms with Crippen LogP contribution in [-0.2, 0) is 0 Å². The van der Waals surface area contributed by atoms with Crippen LogP contribution in [0.15, 0.2) is 93.4 Å². The second-order valence-electron chi connectivity index (χ2n) is 7.98.